The van der Waals surface area contributed by atoms with E-state index in [1.54, 1.807) is 12.1 Å². The molecule has 1 aliphatic rings. The molecule has 0 bridgehead atoms. The van der Waals surface area contributed by atoms with Crippen molar-refractivity contribution in [2.45, 2.75) is 51.2 Å². The number of ether oxygens (including phenoxy) is 1. The Hall–Kier alpha value is -2.44. The number of rotatable bonds is 4. The van der Waals surface area contributed by atoms with Gasteiger partial charge in [0.25, 0.3) is 5.91 Å². The van der Waals surface area contributed by atoms with Crippen molar-refractivity contribution in [1.82, 2.24) is 15.6 Å². The van der Waals surface area contributed by atoms with Gasteiger partial charge in [0.2, 0.25) is 0 Å². The van der Waals surface area contributed by atoms with E-state index in [9.17, 15) is 14.4 Å². The molecule has 2 rings (SSSR count). The van der Waals surface area contributed by atoms with Gasteiger partial charge in [-0.05, 0) is 31.9 Å². The van der Waals surface area contributed by atoms with Crippen molar-refractivity contribution in [3.63, 3.8) is 0 Å². The highest BCUT2D eigenvalue weighted by atomic mass is 16.5. The van der Waals surface area contributed by atoms with Gasteiger partial charge in [-0.25, -0.2) is 14.6 Å². The van der Waals surface area contributed by atoms with Crippen molar-refractivity contribution >= 4 is 17.9 Å². The van der Waals surface area contributed by atoms with Gasteiger partial charge in [-0.15, -0.1) is 0 Å². The second-order valence-corrected chi connectivity index (χ2v) is 5.56. The van der Waals surface area contributed by atoms with Gasteiger partial charge < -0.3 is 10.1 Å². The van der Waals surface area contributed by atoms with Crippen LogP contribution >= 0.6 is 0 Å². The highest BCUT2D eigenvalue weighted by molar-refractivity contribution is 5.98. The highest BCUT2D eigenvalue weighted by Crippen LogP contribution is 2.17. The average Bonchev–Trinajstić information content (AvgIpc) is 2.56. The zero-order chi connectivity index (χ0) is 16.7. The van der Waals surface area contributed by atoms with Crippen molar-refractivity contribution in [3.05, 3.63) is 30.1 Å². The van der Waals surface area contributed by atoms with Crippen LogP contribution in [0, 0.1) is 0 Å². The summed E-state index contributed by atoms with van der Waals surface area (Å²) in [5.41, 5.74) is 0.110. The van der Waals surface area contributed by atoms with Crippen LogP contribution in [0.5, 0.6) is 0 Å². The lowest BCUT2D eigenvalue weighted by atomic mass is 9.96. The van der Waals surface area contributed by atoms with Gasteiger partial charge in [-0.2, -0.15) is 0 Å². The quantitative estimate of drug-likeness (QED) is 0.825. The van der Waals surface area contributed by atoms with Crippen LogP contribution in [-0.2, 0) is 9.53 Å². The van der Waals surface area contributed by atoms with E-state index < -0.39 is 24.0 Å². The van der Waals surface area contributed by atoms with Gasteiger partial charge in [0, 0.05) is 12.2 Å². The summed E-state index contributed by atoms with van der Waals surface area (Å²) >= 11 is 0. The number of imide groups is 1. The Balaban J connectivity index is 1.77. The molecule has 1 aromatic rings. The lowest BCUT2D eigenvalue weighted by molar-refractivity contribution is -0.127. The van der Waals surface area contributed by atoms with Crippen molar-refractivity contribution < 1.29 is 19.1 Å². The van der Waals surface area contributed by atoms with E-state index in [1.807, 2.05) is 0 Å². The molecule has 0 aromatic carbocycles. The summed E-state index contributed by atoms with van der Waals surface area (Å²) in [7, 11) is 0. The minimum absolute atomic E-state index is 0.0999. The van der Waals surface area contributed by atoms with Crippen molar-refractivity contribution in [3.8, 4) is 0 Å². The molecular weight excluding hydrogens is 298 g/mol. The van der Waals surface area contributed by atoms with E-state index in [0.717, 1.165) is 25.7 Å². The molecule has 124 valence electrons. The first-order chi connectivity index (χ1) is 11.1. The lowest BCUT2D eigenvalue weighted by Gasteiger charge is -2.23. The Morgan fingerprint density at radius 1 is 1.22 bits per heavy atom. The normalized spacial score (nSPS) is 16.2. The maximum atomic E-state index is 11.9. The first kappa shape index (κ1) is 16.9. The number of carbonyl (C=O) groups is 3. The maximum Gasteiger partial charge on any atom is 0.357 e. The fraction of sp³-hybridized carbons (Fsp3) is 0.500. The SMILES string of the molecule is C[C@@H](OC(=O)c1ccccn1)C(=O)NC(=O)NC1CCCCC1. The number of nitrogens with one attached hydrogen (secondary N) is 2. The molecule has 1 aliphatic carbocycles. The first-order valence-corrected chi connectivity index (χ1v) is 7.79. The number of hydrogen-bond acceptors (Lipinski definition) is 5. The van der Waals surface area contributed by atoms with Crippen molar-refractivity contribution in [2.24, 2.45) is 0 Å². The Morgan fingerprint density at radius 3 is 2.61 bits per heavy atom. The van der Waals surface area contributed by atoms with Crippen LogP contribution in [0.2, 0.25) is 0 Å². The smallest absolute Gasteiger partial charge is 0.357 e. The molecule has 2 N–H and O–H groups in total. The van der Waals surface area contributed by atoms with E-state index in [4.69, 9.17) is 4.74 Å². The minimum atomic E-state index is -1.08. The van der Waals surface area contributed by atoms with Crippen LogP contribution in [0.4, 0.5) is 4.79 Å². The summed E-state index contributed by atoms with van der Waals surface area (Å²) in [5, 5.41) is 4.96. The molecule has 7 nitrogen and oxygen atoms in total. The van der Waals surface area contributed by atoms with Gasteiger partial charge in [0.1, 0.15) is 5.69 Å². The van der Waals surface area contributed by atoms with Crippen molar-refractivity contribution in [1.29, 1.82) is 0 Å². The monoisotopic (exact) mass is 319 g/mol. The van der Waals surface area contributed by atoms with Crippen LogP contribution in [-0.4, -0.2) is 35.0 Å². The van der Waals surface area contributed by atoms with Gasteiger partial charge in [-0.3, -0.25) is 10.1 Å². The zero-order valence-corrected chi connectivity index (χ0v) is 13.1. The molecule has 1 saturated carbocycles. The minimum Gasteiger partial charge on any atom is -0.448 e. The number of aromatic nitrogens is 1. The Morgan fingerprint density at radius 2 is 1.96 bits per heavy atom. The van der Waals surface area contributed by atoms with Gasteiger partial charge in [0.15, 0.2) is 6.10 Å². The summed E-state index contributed by atoms with van der Waals surface area (Å²) in [6.45, 7) is 1.41. The number of urea groups is 1. The third-order valence-electron chi connectivity index (χ3n) is 3.70. The molecule has 0 unspecified atom stereocenters. The van der Waals surface area contributed by atoms with Gasteiger partial charge in [-0.1, -0.05) is 25.3 Å². The van der Waals surface area contributed by atoms with E-state index in [0.29, 0.717) is 0 Å². The lowest BCUT2D eigenvalue weighted by Crippen LogP contribution is -2.48. The number of amides is 3. The highest BCUT2D eigenvalue weighted by Gasteiger charge is 2.22. The summed E-state index contributed by atoms with van der Waals surface area (Å²) in [5.74, 6) is -1.37. The predicted octanol–water partition coefficient (Wildman–Crippen LogP) is 1.79. The Kier molecular flexibility index (Phi) is 6.08. The average molecular weight is 319 g/mol. The molecule has 0 spiro atoms. The molecular formula is C16H21N3O4. The van der Waals surface area contributed by atoms with E-state index in [-0.39, 0.29) is 11.7 Å². The zero-order valence-electron chi connectivity index (χ0n) is 13.1. The third kappa shape index (κ3) is 5.36. The number of esters is 1. The number of pyridine rings is 1. The molecule has 3 amide bonds. The first-order valence-electron chi connectivity index (χ1n) is 7.79. The van der Waals surface area contributed by atoms with Crippen LogP contribution in [0.3, 0.4) is 0 Å². The molecule has 7 heteroatoms. The van der Waals surface area contributed by atoms with Crippen molar-refractivity contribution in [2.75, 3.05) is 0 Å². The second kappa shape index (κ2) is 8.26. The largest absolute Gasteiger partial charge is 0.448 e. The van der Waals surface area contributed by atoms with Gasteiger partial charge in [0.05, 0.1) is 0 Å². The molecule has 0 saturated heterocycles. The number of carbonyl (C=O) groups excluding carboxylic acids is 3. The maximum absolute atomic E-state index is 11.9. The van der Waals surface area contributed by atoms with E-state index in [1.165, 1.54) is 25.6 Å². The summed E-state index contributed by atoms with van der Waals surface area (Å²) in [6.07, 6.45) is 5.56. The fourth-order valence-corrected chi connectivity index (χ4v) is 2.44. The third-order valence-corrected chi connectivity index (χ3v) is 3.70. The summed E-state index contributed by atoms with van der Waals surface area (Å²) in [4.78, 5) is 39.3. The van der Waals surface area contributed by atoms with Crippen LogP contribution in [0.25, 0.3) is 0 Å². The topological polar surface area (TPSA) is 97.4 Å². The number of hydrogen-bond donors (Lipinski definition) is 2. The Bertz CT molecular complexity index is 556. The van der Waals surface area contributed by atoms with Crippen LogP contribution in [0.15, 0.2) is 24.4 Å². The Labute approximate surface area is 134 Å². The molecule has 0 radical (unpaired) electrons. The summed E-state index contributed by atoms with van der Waals surface area (Å²) < 4.78 is 5.00. The standard InChI is InChI=1S/C16H21N3O4/c1-11(23-15(21)13-9-5-6-10-17-13)14(20)19-16(22)18-12-7-3-2-4-8-12/h5-6,9-12H,2-4,7-8H2,1H3,(H2,18,19,20,22)/t11-/m1/s1. The van der Waals surface area contributed by atoms with Crippen LogP contribution < -0.4 is 10.6 Å². The molecule has 1 heterocycles. The second-order valence-electron chi connectivity index (χ2n) is 5.56. The van der Waals surface area contributed by atoms with Gasteiger partial charge >= 0.3 is 12.0 Å². The molecule has 1 aromatic heterocycles. The predicted molar refractivity (Wildman–Crippen MR) is 82.7 cm³/mol. The number of nitrogens with zero attached hydrogens (tertiary/aromatic N) is 1. The molecule has 23 heavy (non-hydrogen) atoms. The fourth-order valence-electron chi connectivity index (χ4n) is 2.44. The van der Waals surface area contributed by atoms with Crippen LogP contribution in [0.1, 0.15) is 49.5 Å². The molecule has 0 aliphatic heterocycles. The molecule has 1 atom stereocenters. The summed E-state index contributed by atoms with van der Waals surface area (Å²) in [6, 6.07) is 4.35. The van der Waals surface area contributed by atoms with E-state index in [2.05, 4.69) is 15.6 Å². The van der Waals surface area contributed by atoms with E-state index >= 15 is 0 Å². The molecule has 1 fully saturated rings.